The summed E-state index contributed by atoms with van der Waals surface area (Å²) in [5, 5.41) is 0. The van der Waals surface area contributed by atoms with Crippen LogP contribution in [0, 0.1) is 0 Å². The molecule has 0 aliphatic rings. The van der Waals surface area contributed by atoms with Gasteiger partial charge in [0.15, 0.2) is 17.4 Å². The van der Waals surface area contributed by atoms with E-state index in [9.17, 15) is 0 Å². The molecule has 0 unspecified atom stereocenters. The van der Waals surface area contributed by atoms with E-state index in [-0.39, 0.29) is 0 Å². The molecule has 0 heterocycles. The zero-order chi connectivity index (χ0) is 14.0. The van der Waals surface area contributed by atoms with E-state index in [0.717, 1.165) is 21.0 Å². The van der Waals surface area contributed by atoms with E-state index in [2.05, 4.69) is 62.2 Å². The van der Waals surface area contributed by atoms with Crippen LogP contribution in [-0.4, -0.2) is 38.3 Å². The Morgan fingerprint density at radius 3 is 2.00 bits per heavy atom. The van der Waals surface area contributed by atoms with Crippen molar-refractivity contribution >= 4 is 44.4 Å². The lowest BCUT2D eigenvalue weighted by molar-refractivity contribution is 0.627. The summed E-state index contributed by atoms with van der Waals surface area (Å²) in [6.45, 7) is 8.76. The van der Waals surface area contributed by atoms with E-state index >= 15 is 0 Å². The van der Waals surface area contributed by atoms with Crippen molar-refractivity contribution < 1.29 is 8.23 Å². The highest BCUT2D eigenvalue weighted by Crippen LogP contribution is 2.08. The summed E-state index contributed by atoms with van der Waals surface area (Å²) in [7, 11) is -0.297. The summed E-state index contributed by atoms with van der Waals surface area (Å²) < 4.78 is 10.6. The highest BCUT2D eigenvalue weighted by atomic mass is 28.4. The van der Waals surface area contributed by atoms with Crippen LogP contribution in [0.5, 0.6) is 0 Å². The minimum atomic E-state index is -1.48. The van der Waals surface area contributed by atoms with Gasteiger partial charge in [-0.1, -0.05) is 42.1 Å². The fourth-order valence-corrected chi connectivity index (χ4v) is 2.07. The number of benzene rings is 1. The lowest BCUT2D eigenvalue weighted by atomic mass is 10.2. The lowest BCUT2D eigenvalue weighted by Crippen LogP contribution is -2.26. The molecule has 0 amide bonds. The number of rotatable bonds is 4. The van der Waals surface area contributed by atoms with Crippen LogP contribution in [0.2, 0.25) is 26.2 Å². The maximum absolute atomic E-state index is 5.55. The van der Waals surface area contributed by atoms with Crippen molar-refractivity contribution in [3.8, 4) is 0 Å². The first-order chi connectivity index (χ1) is 8.41. The Balaban J connectivity index is 0.000000494. The zero-order valence-corrected chi connectivity index (χ0v) is 18.6. The Hall–Kier alpha value is -0.252. The summed E-state index contributed by atoms with van der Waals surface area (Å²) in [5.74, 6) is 0. The van der Waals surface area contributed by atoms with Gasteiger partial charge in [0.2, 0.25) is 0 Å². The minimum Gasteiger partial charge on any atom is -0.466 e. The third-order valence-corrected chi connectivity index (χ3v) is 11.4. The Morgan fingerprint density at radius 2 is 1.61 bits per heavy atom. The fraction of sp³-hybridized carbons (Fsp3) is 0.333. The van der Waals surface area contributed by atoms with Crippen LogP contribution >= 0.6 is 0 Å². The lowest BCUT2D eigenvalue weighted by Gasteiger charge is -2.14. The molecule has 0 aliphatic carbocycles. The van der Waals surface area contributed by atoms with Crippen molar-refractivity contribution in [2.45, 2.75) is 26.2 Å². The third kappa shape index (κ3) is 9.74. The molecule has 1 rings (SSSR count). The van der Waals surface area contributed by atoms with Crippen LogP contribution in [0.15, 0.2) is 36.0 Å². The summed E-state index contributed by atoms with van der Waals surface area (Å²) in [4.78, 5) is 0. The summed E-state index contributed by atoms with van der Waals surface area (Å²) in [6.07, 6.45) is 2.16. The molecular weight excluding hydrogens is 288 g/mol. The molecule has 0 aromatic heterocycles. The average Bonchev–Trinajstić information content (AvgIpc) is 2.38. The van der Waals surface area contributed by atoms with Crippen LogP contribution < -0.4 is 0 Å². The third-order valence-electron chi connectivity index (χ3n) is 2.47. The van der Waals surface area contributed by atoms with Crippen molar-refractivity contribution in [2.75, 3.05) is 0 Å². The predicted molar refractivity (Wildman–Crippen MR) is 93.9 cm³/mol. The molecule has 18 heavy (non-hydrogen) atoms. The highest BCUT2D eigenvalue weighted by Gasteiger charge is 2.14. The van der Waals surface area contributed by atoms with Crippen LogP contribution in [0.4, 0.5) is 0 Å². The van der Waals surface area contributed by atoms with Crippen LogP contribution in [0.25, 0.3) is 6.08 Å². The molecule has 0 spiro atoms. The first kappa shape index (κ1) is 17.7. The first-order valence-electron chi connectivity index (χ1n) is 6.23. The van der Waals surface area contributed by atoms with E-state index in [1.54, 1.807) is 0 Å². The van der Waals surface area contributed by atoms with Gasteiger partial charge < -0.3 is 8.23 Å². The molecule has 0 bridgehead atoms. The normalized spacial score (nSPS) is 11.8. The SMILES string of the molecule is C[SiH](C)O[SiH3].C[Si](C)(C=Cc1ccccc1)O[SiH3]. The maximum Gasteiger partial charge on any atom is 0.198 e. The highest BCUT2D eigenvalue weighted by molar-refractivity contribution is 6.79. The van der Waals surface area contributed by atoms with Crippen molar-refractivity contribution in [1.29, 1.82) is 0 Å². The van der Waals surface area contributed by atoms with Gasteiger partial charge in [-0.25, -0.2) is 0 Å². The molecule has 1 aromatic rings. The smallest absolute Gasteiger partial charge is 0.198 e. The Kier molecular flexibility index (Phi) is 9.51. The van der Waals surface area contributed by atoms with Gasteiger partial charge >= 0.3 is 0 Å². The second kappa shape index (κ2) is 9.65. The Morgan fingerprint density at radius 1 is 1.11 bits per heavy atom. The Bertz CT molecular complexity index is 339. The molecule has 102 valence electrons. The molecule has 2 nitrogen and oxygen atoms in total. The maximum atomic E-state index is 5.55. The van der Waals surface area contributed by atoms with Gasteiger partial charge in [-0.2, -0.15) is 0 Å². The molecule has 6 heteroatoms. The second-order valence-corrected chi connectivity index (χ2v) is 14.0. The van der Waals surface area contributed by atoms with E-state index in [1.165, 1.54) is 5.56 Å². The predicted octanol–water partition coefficient (Wildman–Crippen LogP) is 1.01. The van der Waals surface area contributed by atoms with Crippen molar-refractivity contribution in [3.63, 3.8) is 0 Å². The zero-order valence-electron chi connectivity index (χ0n) is 12.4. The molecule has 0 saturated heterocycles. The van der Waals surface area contributed by atoms with Crippen molar-refractivity contribution in [3.05, 3.63) is 41.6 Å². The fourth-order valence-electron chi connectivity index (χ4n) is 0.929. The van der Waals surface area contributed by atoms with E-state index in [4.69, 9.17) is 8.23 Å². The molecule has 0 fully saturated rings. The minimum absolute atomic E-state index is 0.588. The summed E-state index contributed by atoms with van der Waals surface area (Å²) >= 11 is 0. The van der Waals surface area contributed by atoms with Gasteiger partial charge in [-0.05, 0) is 31.8 Å². The average molecular weight is 315 g/mol. The monoisotopic (exact) mass is 314 g/mol. The van der Waals surface area contributed by atoms with Gasteiger partial charge in [0.05, 0.1) is 0 Å². The largest absolute Gasteiger partial charge is 0.466 e. The second-order valence-electron chi connectivity index (χ2n) is 4.84. The first-order valence-corrected chi connectivity index (χ1v) is 13.6. The summed E-state index contributed by atoms with van der Waals surface area (Å²) in [5.41, 5.74) is 3.48. The van der Waals surface area contributed by atoms with Crippen molar-refractivity contribution in [1.82, 2.24) is 0 Å². The van der Waals surface area contributed by atoms with Gasteiger partial charge in [0, 0.05) is 0 Å². The molecule has 0 radical (unpaired) electrons. The standard InChI is InChI=1S/C10H16OSi2.C2H10OSi2/c1-13(2,11-12)9-8-10-6-4-3-5-7-10;1-5(2)3-4/h3-9H,1-2,12H3;5H,1-2,4H3. The number of hydrogen-bond donors (Lipinski definition) is 0. The van der Waals surface area contributed by atoms with E-state index in [1.807, 2.05) is 6.07 Å². The van der Waals surface area contributed by atoms with Crippen molar-refractivity contribution in [2.24, 2.45) is 0 Å². The molecule has 0 saturated carbocycles. The van der Waals surface area contributed by atoms with Crippen LogP contribution in [0.1, 0.15) is 5.56 Å². The topological polar surface area (TPSA) is 18.5 Å². The van der Waals surface area contributed by atoms with E-state index in [0.29, 0.717) is 0 Å². The molecular formula is C12H26O2Si4. The van der Waals surface area contributed by atoms with Crippen LogP contribution in [-0.2, 0) is 8.23 Å². The molecule has 1 aromatic carbocycles. The number of hydrogen-bond acceptors (Lipinski definition) is 2. The van der Waals surface area contributed by atoms with Gasteiger partial charge in [-0.15, -0.1) is 0 Å². The van der Waals surface area contributed by atoms with Gasteiger partial charge in [-0.3, -0.25) is 0 Å². The molecule has 0 atom stereocenters. The molecule has 0 N–H and O–H groups in total. The summed E-state index contributed by atoms with van der Waals surface area (Å²) in [6, 6.07) is 10.3. The van der Waals surface area contributed by atoms with Crippen LogP contribution in [0.3, 0.4) is 0 Å². The Labute approximate surface area is 120 Å². The van der Waals surface area contributed by atoms with E-state index < -0.39 is 17.4 Å². The van der Waals surface area contributed by atoms with Gasteiger partial charge in [0.25, 0.3) is 0 Å². The molecule has 0 aliphatic heterocycles. The van der Waals surface area contributed by atoms with Gasteiger partial charge in [0.1, 0.15) is 21.0 Å². The quantitative estimate of drug-likeness (QED) is 0.772.